The summed E-state index contributed by atoms with van der Waals surface area (Å²) in [5.41, 5.74) is 0.550. The number of hydrogen-bond donors (Lipinski definition) is 5. The summed E-state index contributed by atoms with van der Waals surface area (Å²) in [6.07, 6.45) is -5.71. The molecule has 6 heteroatoms. The van der Waals surface area contributed by atoms with Crippen molar-refractivity contribution in [1.29, 1.82) is 0 Å². The van der Waals surface area contributed by atoms with Crippen LogP contribution in [0.25, 0.3) is 0 Å². The summed E-state index contributed by atoms with van der Waals surface area (Å²) in [7, 11) is 0. The topological polar surface area (TPSA) is 104 Å². The molecular weight excluding hydrogens is 238 g/mol. The monoisotopic (exact) mass is 255 g/mol. The fourth-order valence-corrected chi connectivity index (χ4v) is 2.27. The minimum absolute atomic E-state index is 0.448. The standard InChI is InChI=1S/C12H17NO5/c14-6-8-9(15)10(16)11(17)12(18)13(8)7-4-2-1-3-5-7/h1-5,8-12,14-18H,6H2/t8-,9-,10+,11-,12-/m1/s1. The third kappa shape index (κ3) is 2.09. The van der Waals surface area contributed by atoms with Crippen molar-refractivity contribution in [3.8, 4) is 0 Å². The number of hydrogen-bond acceptors (Lipinski definition) is 6. The minimum Gasteiger partial charge on any atom is -0.394 e. The van der Waals surface area contributed by atoms with Crippen LogP contribution in [0.2, 0.25) is 0 Å². The summed E-state index contributed by atoms with van der Waals surface area (Å²) in [6, 6.07) is 7.75. The number of rotatable bonds is 2. The van der Waals surface area contributed by atoms with Gasteiger partial charge in [-0.25, -0.2) is 0 Å². The van der Waals surface area contributed by atoms with Gasteiger partial charge in [-0.05, 0) is 12.1 Å². The van der Waals surface area contributed by atoms with E-state index in [2.05, 4.69) is 0 Å². The van der Waals surface area contributed by atoms with E-state index < -0.39 is 37.2 Å². The molecule has 5 atom stereocenters. The first-order chi connectivity index (χ1) is 8.57. The maximum atomic E-state index is 9.97. The van der Waals surface area contributed by atoms with Gasteiger partial charge in [0.2, 0.25) is 0 Å². The number of piperidine rings is 1. The summed E-state index contributed by atoms with van der Waals surface area (Å²) < 4.78 is 0. The zero-order valence-corrected chi connectivity index (χ0v) is 9.66. The molecule has 1 aromatic rings. The molecule has 100 valence electrons. The van der Waals surface area contributed by atoms with Gasteiger partial charge in [0.15, 0.2) is 6.23 Å². The minimum atomic E-state index is -1.50. The summed E-state index contributed by atoms with van der Waals surface area (Å²) in [6.45, 7) is -0.448. The van der Waals surface area contributed by atoms with E-state index in [1.165, 1.54) is 4.90 Å². The highest BCUT2D eigenvalue weighted by atomic mass is 16.4. The molecule has 0 aromatic heterocycles. The maximum absolute atomic E-state index is 9.97. The van der Waals surface area contributed by atoms with E-state index in [4.69, 9.17) is 0 Å². The van der Waals surface area contributed by atoms with Gasteiger partial charge in [-0.15, -0.1) is 0 Å². The van der Waals surface area contributed by atoms with E-state index in [1.807, 2.05) is 0 Å². The van der Waals surface area contributed by atoms with Crippen molar-refractivity contribution in [2.45, 2.75) is 30.6 Å². The average Bonchev–Trinajstić information content (AvgIpc) is 2.41. The predicted molar refractivity (Wildman–Crippen MR) is 63.8 cm³/mol. The SMILES string of the molecule is OC[C@@H]1[C@@H](O)[C@H](O)[C@@H](O)[C@@H](O)N1c1ccccc1. The second-order valence-electron chi connectivity index (χ2n) is 4.38. The first kappa shape index (κ1) is 13.3. The lowest BCUT2D eigenvalue weighted by atomic mass is 9.92. The van der Waals surface area contributed by atoms with Crippen LogP contribution < -0.4 is 4.90 Å². The van der Waals surface area contributed by atoms with E-state index in [0.717, 1.165) is 0 Å². The highest BCUT2D eigenvalue weighted by Crippen LogP contribution is 2.28. The molecule has 0 aliphatic carbocycles. The highest BCUT2D eigenvalue weighted by Gasteiger charge is 2.46. The molecule has 0 saturated carbocycles. The van der Waals surface area contributed by atoms with Gasteiger partial charge in [0.1, 0.15) is 18.3 Å². The molecule has 1 aliphatic heterocycles. The third-order valence-corrected chi connectivity index (χ3v) is 3.28. The Labute approximate surface area is 104 Å². The van der Waals surface area contributed by atoms with Crippen LogP contribution >= 0.6 is 0 Å². The van der Waals surface area contributed by atoms with Crippen molar-refractivity contribution in [2.75, 3.05) is 11.5 Å². The van der Waals surface area contributed by atoms with Crippen molar-refractivity contribution in [3.05, 3.63) is 30.3 Å². The smallest absolute Gasteiger partial charge is 0.156 e. The van der Waals surface area contributed by atoms with Gasteiger partial charge in [0, 0.05) is 5.69 Å². The van der Waals surface area contributed by atoms with E-state index in [9.17, 15) is 25.5 Å². The highest BCUT2D eigenvalue weighted by molar-refractivity contribution is 5.49. The molecule has 1 saturated heterocycles. The summed E-state index contributed by atoms with van der Waals surface area (Å²) >= 11 is 0. The van der Waals surface area contributed by atoms with Crippen LogP contribution in [0.4, 0.5) is 5.69 Å². The quantitative estimate of drug-likeness (QED) is 0.430. The Morgan fingerprint density at radius 2 is 1.50 bits per heavy atom. The van der Waals surface area contributed by atoms with Gasteiger partial charge in [0.05, 0.1) is 12.6 Å². The fraction of sp³-hybridized carbons (Fsp3) is 0.500. The molecule has 1 aromatic carbocycles. The molecule has 1 aliphatic rings. The van der Waals surface area contributed by atoms with Crippen LogP contribution in [0.1, 0.15) is 0 Å². The predicted octanol–water partition coefficient (Wildman–Crippen LogP) is -1.73. The zero-order valence-electron chi connectivity index (χ0n) is 9.66. The first-order valence-corrected chi connectivity index (χ1v) is 5.74. The van der Waals surface area contributed by atoms with Crippen molar-refractivity contribution >= 4 is 5.69 Å². The van der Waals surface area contributed by atoms with E-state index in [0.29, 0.717) is 5.69 Å². The molecule has 0 unspecified atom stereocenters. The number of nitrogens with zero attached hydrogens (tertiary/aromatic N) is 1. The van der Waals surface area contributed by atoms with Crippen LogP contribution in [0.3, 0.4) is 0 Å². The van der Waals surface area contributed by atoms with Crippen LogP contribution in [0.15, 0.2) is 30.3 Å². The summed E-state index contributed by atoms with van der Waals surface area (Å²) in [5.74, 6) is 0. The Kier molecular flexibility index (Phi) is 3.84. The number of aliphatic hydroxyl groups is 5. The Morgan fingerprint density at radius 1 is 0.889 bits per heavy atom. The molecule has 0 spiro atoms. The molecule has 18 heavy (non-hydrogen) atoms. The Balaban J connectivity index is 2.36. The lowest BCUT2D eigenvalue weighted by Crippen LogP contribution is -2.67. The summed E-state index contributed by atoms with van der Waals surface area (Å²) in [4.78, 5) is 1.31. The van der Waals surface area contributed by atoms with Crippen LogP contribution in [-0.2, 0) is 0 Å². The number of para-hydroxylation sites is 1. The molecule has 6 nitrogen and oxygen atoms in total. The molecule has 1 heterocycles. The van der Waals surface area contributed by atoms with Gasteiger partial charge in [0.25, 0.3) is 0 Å². The van der Waals surface area contributed by atoms with Gasteiger partial charge in [-0.1, -0.05) is 18.2 Å². The van der Waals surface area contributed by atoms with Crippen LogP contribution in [0, 0.1) is 0 Å². The van der Waals surface area contributed by atoms with E-state index in [1.54, 1.807) is 30.3 Å². The zero-order chi connectivity index (χ0) is 13.3. The van der Waals surface area contributed by atoms with Crippen LogP contribution in [-0.4, -0.2) is 62.7 Å². The second-order valence-corrected chi connectivity index (χ2v) is 4.38. The van der Waals surface area contributed by atoms with E-state index in [-0.39, 0.29) is 0 Å². The molecule has 2 rings (SSSR count). The normalized spacial score (nSPS) is 36.7. The van der Waals surface area contributed by atoms with Gasteiger partial charge in [-0.3, -0.25) is 0 Å². The summed E-state index contributed by atoms with van der Waals surface area (Å²) in [5, 5.41) is 48.4. The Hall–Kier alpha value is -1.18. The van der Waals surface area contributed by atoms with Gasteiger partial charge >= 0.3 is 0 Å². The number of benzene rings is 1. The first-order valence-electron chi connectivity index (χ1n) is 5.74. The van der Waals surface area contributed by atoms with Gasteiger partial charge in [-0.2, -0.15) is 0 Å². The Morgan fingerprint density at radius 3 is 2.06 bits per heavy atom. The van der Waals surface area contributed by atoms with Crippen molar-refractivity contribution in [1.82, 2.24) is 0 Å². The molecule has 0 amide bonds. The van der Waals surface area contributed by atoms with Crippen molar-refractivity contribution < 1.29 is 25.5 Å². The van der Waals surface area contributed by atoms with E-state index >= 15 is 0 Å². The lowest BCUT2D eigenvalue weighted by Gasteiger charge is -2.47. The lowest BCUT2D eigenvalue weighted by molar-refractivity contribution is -0.145. The molecule has 0 bridgehead atoms. The fourth-order valence-electron chi connectivity index (χ4n) is 2.27. The number of anilines is 1. The molecule has 0 radical (unpaired) electrons. The average molecular weight is 255 g/mol. The molecule has 5 N–H and O–H groups in total. The Bertz CT molecular complexity index is 387. The van der Waals surface area contributed by atoms with Crippen molar-refractivity contribution in [2.24, 2.45) is 0 Å². The largest absolute Gasteiger partial charge is 0.394 e. The maximum Gasteiger partial charge on any atom is 0.156 e. The second kappa shape index (κ2) is 5.21. The van der Waals surface area contributed by atoms with Gasteiger partial charge < -0.3 is 30.4 Å². The molecular formula is C12H17NO5. The third-order valence-electron chi connectivity index (χ3n) is 3.28. The van der Waals surface area contributed by atoms with Crippen LogP contribution in [0.5, 0.6) is 0 Å². The number of aliphatic hydroxyl groups excluding tert-OH is 5. The molecule has 1 fully saturated rings. The van der Waals surface area contributed by atoms with Crippen molar-refractivity contribution in [3.63, 3.8) is 0 Å².